The van der Waals surface area contributed by atoms with Crippen LogP contribution in [0, 0.1) is 6.92 Å². The molecule has 1 N–H and O–H groups in total. The lowest BCUT2D eigenvalue weighted by atomic mass is 10.3. The average Bonchev–Trinajstić information content (AvgIpc) is 3.00. The Labute approximate surface area is 118 Å². The molecule has 20 heavy (non-hydrogen) atoms. The summed E-state index contributed by atoms with van der Waals surface area (Å²) in [4.78, 5) is 12.3. The first-order valence-corrected chi connectivity index (χ1v) is 6.90. The van der Waals surface area contributed by atoms with E-state index in [1.54, 1.807) is 23.3 Å². The standard InChI is InChI=1S/C14H21N5O/c1-5-6-18-13(11(4)7-15-18)17-14(20)12-8-16-19(9-12)10(2)3/h7-10H,5-6H2,1-4H3,(H,17,20). The van der Waals surface area contributed by atoms with Crippen molar-refractivity contribution in [2.24, 2.45) is 0 Å². The normalized spacial score (nSPS) is 11.1. The third kappa shape index (κ3) is 2.89. The van der Waals surface area contributed by atoms with Crippen LogP contribution >= 0.6 is 0 Å². The summed E-state index contributed by atoms with van der Waals surface area (Å²) in [6.45, 7) is 8.85. The minimum Gasteiger partial charge on any atom is -0.306 e. The fourth-order valence-corrected chi connectivity index (χ4v) is 1.94. The summed E-state index contributed by atoms with van der Waals surface area (Å²) in [5, 5.41) is 11.4. The van der Waals surface area contributed by atoms with Crippen molar-refractivity contribution in [2.45, 2.75) is 46.7 Å². The lowest BCUT2D eigenvalue weighted by Gasteiger charge is -2.08. The van der Waals surface area contributed by atoms with E-state index in [4.69, 9.17) is 0 Å². The van der Waals surface area contributed by atoms with Crippen molar-refractivity contribution >= 4 is 11.7 Å². The predicted octanol–water partition coefficient (Wildman–Crippen LogP) is 2.63. The van der Waals surface area contributed by atoms with Crippen molar-refractivity contribution in [3.05, 3.63) is 29.7 Å². The van der Waals surface area contributed by atoms with E-state index in [-0.39, 0.29) is 11.9 Å². The Morgan fingerprint density at radius 1 is 1.35 bits per heavy atom. The van der Waals surface area contributed by atoms with E-state index in [0.717, 1.165) is 24.3 Å². The lowest BCUT2D eigenvalue weighted by Crippen LogP contribution is -2.16. The van der Waals surface area contributed by atoms with Crippen LogP contribution in [0.25, 0.3) is 0 Å². The second kappa shape index (κ2) is 5.90. The van der Waals surface area contributed by atoms with Crippen LogP contribution in [0.3, 0.4) is 0 Å². The number of carbonyl (C=O) groups excluding carboxylic acids is 1. The third-order valence-electron chi connectivity index (χ3n) is 3.08. The van der Waals surface area contributed by atoms with Gasteiger partial charge in [-0.3, -0.25) is 9.48 Å². The average molecular weight is 275 g/mol. The fourth-order valence-electron chi connectivity index (χ4n) is 1.94. The zero-order chi connectivity index (χ0) is 14.7. The summed E-state index contributed by atoms with van der Waals surface area (Å²) in [5.74, 6) is 0.604. The Morgan fingerprint density at radius 3 is 2.70 bits per heavy atom. The molecule has 2 rings (SSSR count). The highest BCUT2D eigenvalue weighted by Gasteiger charge is 2.14. The molecule has 0 aliphatic heterocycles. The summed E-state index contributed by atoms with van der Waals surface area (Å²) < 4.78 is 3.59. The van der Waals surface area contributed by atoms with Crippen LogP contribution in [-0.4, -0.2) is 25.5 Å². The smallest absolute Gasteiger partial charge is 0.260 e. The SMILES string of the molecule is CCCn1ncc(C)c1NC(=O)c1cnn(C(C)C)c1. The lowest BCUT2D eigenvalue weighted by molar-refractivity contribution is 0.102. The first-order valence-electron chi connectivity index (χ1n) is 6.90. The van der Waals surface area contributed by atoms with Gasteiger partial charge in [0.25, 0.3) is 5.91 Å². The van der Waals surface area contributed by atoms with Crippen molar-refractivity contribution in [2.75, 3.05) is 5.32 Å². The molecule has 0 aliphatic rings. The van der Waals surface area contributed by atoms with Gasteiger partial charge in [-0.1, -0.05) is 6.92 Å². The molecule has 1 amide bonds. The highest BCUT2D eigenvalue weighted by molar-refractivity contribution is 6.03. The van der Waals surface area contributed by atoms with E-state index in [1.807, 2.05) is 25.5 Å². The molecule has 0 radical (unpaired) electrons. The van der Waals surface area contributed by atoms with Crippen LogP contribution in [0.5, 0.6) is 0 Å². The number of nitrogens with zero attached hydrogens (tertiary/aromatic N) is 4. The van der Waals surface area contributed by atoms with Gasteiger partial charge in [-0.05, 0) is 27.2 Å². The molecular weight excluding hydrogens is 254 g/mol. The van der Waals surface area contributed by atoms with Gasteiger partial charge in [-0.15, -0.1) is 0 Å². The molecule has 2 aromatic heterocycles. The second-order valence-corrected chi connectivity index (χ2v) is 5.16. The van der Waals surface area contributed by atoms with Crippen molar-refractivity contribution < 1.29 is 4.79 Å². The molecule has 0 unspecified atom stereocenters. The van der Waals surface area contributed by atoms with Crippen LogP contribution in [-0.2, 0) is 6.54 Å². The van der Waals surface area contributed by atoms with Crippen LogP contribution < -0.4 is 5.32 Å². The number of aromatic nitrogens is 4. The molecule has 6 heteroatoms. The van der Waals surface area contributed by atoms with E-state index < -0.39 is 0 Å². The van der Waals surface area contributed by atoms with Crippen LogP contribution in [0.2, 0.25) is 0 Å². The molecule has 0 saturated heterocycles. The largest absolute Gasteiger partial charge is 0.306 e. The predicted molar refractivity (Wildman–Crippen MR) is 77.8 cm³/mol. The van der Waals surface area contributed by atoms with E-state index in [9.17, 15) is 4.79 Å². The molecule has 2 aromatic rings. The van der Waals surface area contributed by atoms with Crippen molar-refractivity contribution in [3.63, 3.8) is 0 Å². The first kappa shape index (κ1) is 14.3. The topological polar surface area (TPSA) is 64.7 Å². The van der Waals surface area contributed by atoms with E-state index in [1.165, 1.54) is 0 Å². The molecule has 0 atom stereocenters. The van der Waals surface area contributed by atoms with Crippen molar-refractivity contribution in [1.82, 2.24) is 19.6 Å². The first-order chi connectivity index (χ1) is 9.52. The molecule has 0 fully saturated rings. The van der Waals surface area contributed by atoms with E-state index in [2.05, 4.69) is 22.4 Å². The van der Waals surface area contributed by atoms with Gasteiger partial charge in [-0.25, -0.2) is 4.68 Å². The quantitative estimate of drug-likeness (QED) is 0.912. The number of amides is 1. The van der Waals surface area contributed by atoms with Gasteiger partial charge in [0.2, 0.25) is 0 Å². The number of anilines is 1. The zero-order valence-corrected chi connectivity index (χ0v) is 12.4. The highest BCUT2D eigenvalue weighted by Crippen LogP contribution is 2.16. The van der Waals surface area contributed by atoms with Gasteiger partial charge >= 0.3 is 0 Å². The maximum atomic E-state index is 12.3. The summed E-state index contributed by atoms with van der Waals surface area (Å²) in [5.41, 5.74) is 1.52. The summed E-state index contributed by atoms with van der Waals surface area (Å²) in [6, 6.07) is 0.240. The van der Waals surface area contributed by atoms with Crippen LogP contribution in [0.4, 0.5) is 5.82 Å². The Balaban J connectivity index is 2.16. The molecule has 6 nitrogen and oxygen atoms in total. The Bertz CT molecular complexity index is 596. The third-order valence-corrected chi connectivity index (χ3v) is 3.08. The molecular formula is C14H21N5O. The van der Waals surface area contributed by atoms with Crippen molar-refractivity contribution in [3.8, 4) is 0 Å². The number of hydrogen-bond acceptors (Lipinski definition) is 3. The van der Waals surface area contributed by atoms with Gasteiger partial charge in [0.05, 0.1) is 18.0 Å². The highest BCUT2D eigenvalue weighted by atomic mass is 16.1. The number of nitrogens with one attached hydrogen (secondary N) is 1. The molecule has 0 spiro atoms. The molecule has 0 aliphatic carbocycles. The number of aryl methyl sites for hydroxylation is 2. The van der Waals surface area contributed by atoms with Gasteiger partial charge in [0.15, 0.2) is 0 Å². The van der Waals surface area contributed by atoms with Crippen molar-refractivity contribution in [1.29, 1.82) is 0 Å². The Morgan fingerprint density at radius 2 is 2.10 bits per heavy atom. The van der Waals surface area contributed by atoms with E-state index in [0.29, 0.717) is 5.56 Å². The van der Waals surface area contributed by atoms with E-state index >= 15 is 0 Å². The summed E-state index contributed by atoms with van der Waals surface area (Å²) in [7, 11) is 0. The molecule has 0 bridgehead atoms. The maximum absolute atomic E-state index is 12.3. The van der Waals surface area contributed by atoms with Crippen LogP contribution in [0.1, 0.15) is 49.2 Å². The molecule has 0 saturated carbocycles. The van der Waals surface area contributed by atoms with Gasteiger partial charge < -0.3 is 5.32 Å². The monoisotopic (exact) mass is 275 g/mol. The summed E-state index contributed by atoms with van der Waals surface area (Å²) in [6.07, 6.45) is 6.08. The van der Waals surface area contributed by atoms with Gasteiger partial charge in [-0.2, -0.15) is 10.2 Å². The molecule has 108 valence electrons. The van der Waals surface area contributed by atoms with Gasteiger partial charge in [0.1, 0.15) is 5.82 Å². The Hall–Kier alpha value is -2.11. The number of hydrogen-bond donors (Lipinski definition) is 1. The Kier molecular flexibility index (Phi) is 4.22. The minimum absolute atomic E-state index is 0.155. The number of rotatable bonds is 5. The van der Waals surface area contributed by atoms with Gasteiger partial charge in [0, 0.05) is 24.3 Å². The fraction of sp³-hybridized carbons (Fsp3) is 0.500. The maximum Gasteiger partial charge on any atom is 0.260 e. The zero-order valence-electron chi connectivity index (χ0n) is 12.4. The molecule has 0 aromatic carbocycles. The van der Waals surface area contributed by atoms with Crippen LogP contribution in [0.15, 0.2) is 18.6 Å². The summed E-state index contributed by atoms with van der Waals surface area (Å²) >= 11 is 0. The second-order valence-electron chi connectivity index (χ2n) is 5.16. The molecule has 2 heterocycles. The number of carbonyl (C=O) groups is 1. The minimum atomic E-state index is -0.155.